The normalized spacial score (nSPS) is 26.0. The van der Waals surface area contributed by atoms with Crippen LogP contribution in [0.1, 0.15) is 28.4 Å². The molecule has 0 spiro atoms. The molecule has 1 aliphatic heterocycles. The number of nitrogens with zero attached hydrogens (tertiary/aromatic N) is 1. The molecule has 1 fully saturated rings. The Kier molecular flexibility index (Phi) is 6.66. The van der Waals surface area contributed by atoms with Crippen molar-refractivity contribution >= 4 is 11.3 Å². The second-order valence-electron chi connectivity index (χ2n) is 7.66. The third-order valence-corrected chi connectivity index (χ3v) is 6.17. The van der Waals surface area contributed by atoms with Crippen molar-refractivity contribution in [2.45, 2.75) is 43.9 Å². The van der Waals surface area contributed by atoms with E-state index in [4.69, 9.17) is 9.47 Å². The first-order valence-electron chi connectivity index (χ1n) is 10.0. The fourth-order valence-corrected chi connectivity index (χ4v) is 4.20. The number of benzene rings is 2. The highest BCUT2D eigenvalue weighted by molar-refractivity contribution is 7.11. The van der Waals surface area contributed by atoms with Crippen molar-refractivity contribution < 1.29 is 29.9 Å². The standard InChI is InChI=1S/C23H25NO6S/c1-13-2-5-15(22-21(28)20(27)19(26)18(12-25)30-22)11-16(13)10-14-3-6-17(7-4-14)29-23-24-8-9-31-23/h2-9,11,18-22,25-28H,10,12H2,1H3/t18-,19-,20+,21-,22+/m1/s1. The molecule has 2 aromatic carbocycles. The first-order chi connectivity index (χ1) is 15.0. The highest BCUT2D eigenvalue weighted by Crippen LogP contribution is 2.33. The molecule has 0 aliphatic carbocycles. The Morgan fingerprint density at radius 3 is 2.48 bits per heavy atom. The molecule has 1 aromatic heterocycles. The van der Waals surface area contributed by atoms with E-state index in [1.54, 1.807) is 6.20 Å². The molecule has 0 saturated carbocycles. The van der Waals surface area contributed by atoms with Crippen LogP contribution in [0.3, 0.4) is 0 Å². The average molecular weight is 444 g/mol. The molecule has 0 bridgehead atoms. The average Bonchev–Trinajstić information content (AvgIpc) is 3.28. The summed E-state index contributed by atoms with van der Waals surface area (Å²) in [5, 5.41) is 42.4. The van der Waals surface area contributed by atoms with Gasteiger partial charge in [0, 0.05) is 11.6 Å². The number of aliphatic hydroxyl groups is 4. The summed E-state index contributed by atoms with van der Waals surface area (Å²) >= 11 is 1.43. The monoisotopic (exact) mass is 443 g/mol. The SMILES string of the molecule is Cc1ccc([C@@H]2O[C@H](CO)[C@@H](O)[C@H](O)[C@H]2O)cc1Cc1ccc(Oc2nccs2)cc1. The van der Waals surface area contributed by atoms with Crippen molar-refractivity contribution in [3.05, 3.63) is 76.3 Å². The van der Waals surface area contributed by atoms with E-state index in [0.29, 0.717) is 22.9 Å². The third kappa shape index (κ3) is 4.79. The van der Waals surface area contributed by atoms with Gasteiger partial charge in [-0.1, -0.05) is 41.7 Å². The van der Waals surface area contributed by atoms with Gasteiger partial charge in [-0.15, -0.1) is 0 Å². The lowest BCUT2D eigenvalue weighted by Gasteiger charge is -2.40. The number of thiazole rings is 1. The Bertz CT molecular complexity index is 992. The molecule has 3 aromatic rings. The zero-order valence-electron chi connectivity index (χ0n) is 17.0. The molecule has 4 N–H and O–H groups in total. The molecule has 5 atom stereocenters. The molecule has 4 rings (SSSR count). The number of hydrogen-bond donors (Lipinski definition) is 4. The van der Waals surface area contributed by atoms with E-state index in [1.807, 2.05) is 54.8 Å². The van der Waals surface area contributed by atoms with Gasteiger partial charge in [0.15, 0.2) is 0 Å². The van der Waals surface area contributed by atoms with Crippen LogP contribution in [0.5, 0.6) is 10.9 Å². The Morgan fingerprint density at radius 1 is 1.03 bits per heavy atom. The summed E-state index contributed by atoms with van der Waals surface area (Å²) in [6, 6.07) is 13.5. The zero-order chi connectivity index (χ0) is 22.0. The molecule has 31 heavy (non-hydrogen) atoms. The maximum Gasteiger partial charge on any atom is 0.278 e. The lowest BCUT2D eigenvalue weighted by Crippen LogP contribution is -2.55. The van der Waals surface area contributed by atoms with E-state index in [1.165, 1.54) is 11.3 Å². The Balaban J connectivity index is 1.51. The maximum absolute atomic E-state index is 10.4. The minimum Gasteiger partial charge on any atom is -0.431 e. The van der Waals surface area contributed by atoms with Gasteiger partial charge in [0.25, 0.3) is 5.19 Å². The van der Waals surface area contributed by atoms with E-state index in [-0.39, 0.29) is 0 Å². The smallest absolute Gasteiger partial charge is 0.278 e. The summed E-state index contributed by atoms with van der Waals surface area (Å²) < 4.78 is 11.4. The summed E-state index contributed by atoms with van der Waals surface area (Å²) in [6.07, 6.45) is -3.48. The van der Waals surface area contributed by atoms with Crippen molar-refractivity contribution in [3.63, 3.8) is 0 Å². The highest BCUT2D eigenvalue weighted by atomic mass is 32.1. The minimum absolute atomic E-state index is 0.449. The van der Waals surface area contributed by atoms with Gasteiger partial charge in [0.05, 0.1) is 6.61 Å². The Hall–Kier alpha value is -2.33. The summed E-state index contributed by atoms with van der Waals surface area (Å²) in [7, 11) is 0. The van der Waals surface area contributed by atoms with Crippen LogP contribution < -0.4 is 4.74 Å². The van der Waals surface area contributed by atoms with Crippen molar-refractivity contribution in [2.75, 3.05) is 6.61 Å². The number of aliphatic hydroxyl groups excluding tert-OH is 4. The van der Waals surface area contributed by atoms with Gasteiger partial charge < -0.3 is 29.9 Å². The van der Waals surface area contributed by atoms with Crippen LogP contribution in [0, 0.1) is 6.92 Å². The molecule has 1 aliphatic rings. The van der Waals surface area contributed by atoms with Crippen LogP contribution in [0.2, 0.25) is 0 Å². The van der Waals surface area contributed by atoms with Crippen LogP contribution in [0.25, 0.3) is 0 Å². The Morgan fingerprint density at radius 2 is 1.81 bits per heavy atom. The summed E-state index contributed by atoms with van der Waals surface area (Å²) in [6.45, 7) is 1.56. The number of rotatable bonds is 6. The zero-order valence-corrected chi connectivity index (χ0v) is 17.8. The molecule has 7 nitrogen and oxygen atoms in total. The largest absolute Gasteiger partial charge is 0.431 e. The van der Waals surface area contributed by atoms with Crippen molar-refractivity contribution in [1.82, 2.24) is 4.98 Å². The van der Waals surface area contributed by atoms with E-state index >= 15 is 0 Å². The van der Waals surface area contributed by atoms with Gasteiger partial charge in [-0.25, -0.2) is 4.98 Å². The van der Waals surface area contributed by atoms with E-state index in [9.17, 15) is 20.4 Å². The van der Waals surface area contributed by atoms with E-state index in [2.05, 4.69) is 4.98 Å². The van der Waals surface area contributed by atoms with Crippen LogP contribution in [-0.2, 0) is 11.2 Å². The van der Waals surface area contributed by atoms with Crippen LogP contribution >= 0.6 is 11.3 Å². The Labute approximate surface area is 184 Å². The van der Waals surface area contributed by atoms with Crippen LogP contribution in [0.15, 0.2) is 54.0 Å². The first-order valence-corrected chi connectivity index (χ1v) is 10.9. The predicted octanol–water partition coefficient (Wildman–Crippen LogP) is 2.35. The minimum atomic E-state index is -1.40. The molecule has 2 heterocycles. The van der Waals surface area contributed by atoms with Gasteiger partial charge in [-0.3, -0.25) is 0 Å². The number of hydrogen-bond acceptors (Lipinski definition) is 8. The third-order valence-electron chi connectivity index (χ3n) is 5.53. The lowest BCUT2D eigenvalue weighted by molar-refractivity contribution is -0.231. The summed E-state index contributed by atoms with van der Waals surface area (Å²) in [4.78, 5) is 4.11. The van der Waals surface area contributed by atoms with Gasteiger partial charge >= 0.3 is 0 Å². The molecular formula is C23H25NO6S. The fourth-order valence-electron chi connectivity index (χ4n) is 3.69. The molecule has 0 radical (unpaired) electrons. The van der Waals surface area contributed by atoms with Gasteiger partial charge in [0.1, 0.15) is 36.3 Å². The molecule has 164 valence electrons. The second-order valence-corrected chi connectivity index (χ2v) is 8.51. The molecule has 0 amide bonds. The van der Waals surface area contributed by atoms with Gasteiger partial charge in [-0.2, -0.15) is 0 Å². The van der Waals surface area contributed by atoms with Crippen LogP contribution in [0.4, 0.5) is 0 Å². The van der Waals surface area contributed by atoms with Gasteiger partial charge in [0.2, 0.25) is 0 Å². The quantitative estimate of drug-likeness (QED) is 0.463. The molecule has 0 unspecified atom stereocenters. The topological polar surface area (TPSA) is 112 Å². The van der Waals surface area contributed by atoms with E-state index < -0.39 is 37.1 Å². The fraction of sp³-hybridized carbons (Fsp3) is 0.348. The number of aryl methyl sites for hydroxylation is 1. The van der Waals surface area contributed by atoms with Gasteiger partial charge in [-0.05, 0) is 47.7 Å². The number of ether oxygens (including phenoxy) is 2. The molecule has 8 heteroatoms. The second kappa shape index (κ2) is 9.44. The van der Waals surface area contributed by atoms with Crippen LogP contribution in [-0.4, -0.2) is 56.4 Å². The first kappa shape index (κ1) is 21.9. The molecular weight excluding hydrogens is 418 g/mol. The molecule has 1 saturated heterocycles. The maximum atomic E-state index is 10.4. The highest BCUT2D eigenvalue weighted by Gasteiger charge is 2.43. The summed E-state index contributed by atoms with van der Waals surface area (Å²) in [5.74, 6) is 0.713. The van der Waals surface area contributed by atoms with Crippen molar-refractivity contribution in [1.29, 1.82) is 0 Å². The van der Waals surface area contributed by atoms with E-state index in [0.717, 1.165) is 16.7 Å². The lowest BCUT2D eigenvalue weighted by atomic mass is 9.89. The van der Waals surface area contributed by atoms with Crippen molar-refractivity contribution in [2.24, 2.45) is 0 Å². The van der Waals surface area contributed by atoms with Crippen molar-refractivity contribution in [3.8, 4) is 10.9 Å². The predicted molar refractivity (Wildman–Crippen MR) is 115 cm³/mol. The number of aromatic nitrogens is 1. The summed E-state index contributed by atoms with van der Waals surface area (Å²) in [5.41, 5.74) is 3.89.